The summed E-state index contributed by atoms with van der Waals surface area (Å²) in [5.74, 6) is 0.758. The van der Waals surface area contributed by atoms with Crippen LogP contribution in [0.1, 0.15) is 40.8 Å². The molecule has 1 unspecified atom stereocenters. The summed E-state index contributed by atoms with van der Waals surface area (Å²) < 4.78 is 55.9. The molecule has 2 aromatic carbocycles. The highest BCUT2D eigenvalue weighted by Crippen LogP contribution is 2.64. The molecule has 6 rings (SSSR count). The van der Waals surface area contributed by atoms with E-state index in [1.54, 1.807) is 31.2 Å². The van der Waals surface area contributed by atoms with E-state index in [9.17, 15) is 22.7 Å². The Bertz CT molecular complexity index is 1540. The SMILES string of the molecule is C=O.COc1cc(C)cc2cc(C(F)(F)F)cnc12.NCCc1cc2c(c(-c3ccc(F)cc3)n1)C2(CO)C1CC1. The molecular weight excluding hydrogens is 538 g/mol. The van der Waals surface area contributed by atoms with Crippen LogP contribution in [0.3, 0.4) is 0 Å². The monoisotopic (exact) mass is 569 g/mol. The molecule has 0 saturated heterocycles. The Labute approximate surface area is 235 Å². The first-order chi connectivity index (χ1) is 19.6. The number of carbonyl (C=O) groups is 1. The number of alkyl halides is 3. The Morgan fingerprint density at radius 3 is 2.37 bits per heavy atom. The molecule has 2 aliphatic carbocycles. The zero-order valence-corrected chi connectivity index (χ0v) is 22.8. The van der Waals surface area contributed by atoms with Crippen molar-refractivity contribution in [1.82, 2.24) is 9.97 Å². The fourth-order valence-electron chi connectivity index (χ4n) is 5.35. The van der Waals surface area contributed by atoms with E-state index in [4.69, 9.17) is 20.2 Å². The topological polar surface area (TPSA) is 98.3 Å². The second-order valence-corrected chi connectivity index (χ2v) is 10.1. The van der Waals surface area contributed by atoms with Crippen molar-refractivity contribution < 1.29 is 32.2 Å². The van der Waals surface area contributed by atoms with E-state index >= 15 is 0 Å². The van der Waals surface area contributed by atoms with Gasteiger partial charge in [-0.25, -0.2) is 4.39 Å². The highest BCUT2D eigenvalue weighted by atomic mass is 19.4. The molecule has 1 saturated carbocycles. The van der Waals surface area contributed by atoms with Crippen molar-refractivity contribution in [3.05, 3.63) is 88.5 Å². The first-order valence-corrected chi connectivity index (χ1v) is 13.0. The van der Waals surface area contributed by atoms with Gasteiger partial charge in [0.1, 0.15) is 23.9 Å². The summed E-state index contributed by atoms with van der Waals surface area (Å²) in [4.78, 5) is 16.6. The van der Waals surface area contributed by atoms with Gasteiger partial charge in [0.2, 0.25) is 0 Å². The molecule has 10 heteroatoms. The minimum atomic E-state index is -4.38. The molecule has 0 amide bonds. The number of pyridine rings is 2. The number of hydrogen-bond acceptors (Lipinski definition) is 6. The number of ether oxygens (including phenoxy) is 1. The Hall–Kier alpha value is -3.89. The number of aliphatic hydroxyl groups excluding tert-OH is 1. The van der Waals surface area contributed by atoms with Gasteiger partial charge in [-0.1, -0.05) is 0 Å². The molecule has 6 nitrogen and oxygen atoms in total. The van der Waals surface area contributed by atoms with Gasteiger partial charge in [0, 0.05) is 34.7 Å². The van der Waals surface area contributed by atoms with Crippen LogP contribution in [0.25, 0.3) is 22.2 Å². The summed E-state index contributed by atoms with van der Waals surface area (Å²) in [6.45, 7) is 4.47. The van der Waals surface area contributed by atoms with Crippen molar-refractivity contribution >= 4 is 17.7 Å². The van der Waals surface area contributed by atoms with Crippen LogP contribution in [0.2, 0.25) is 0 Å². The molecule has 3 N–H and O–H groups in total. The quantitative estimate of drug-likeness (QED) is 0.286. The Balaban J connectivity index is 0.000000184. The molecule has 0 radical (unpaired) electrons. The lowest BCUT2D eigenvalue weighted by Gasteiger charge is -2.11. The normalized spacial score (nSPS) is 17.1. The second kappa shape index (κ2) is 11.9. The third-order valence-corrected chi connectivity index (χ3v) is 7.42. The number of halogens is 4. The molecule has 2 heterocycles. The first kappa shape index (κ1) is 30.1. The first-order valence-electron chi connectivity index (χ1n) is 13.0. The van der Waals surface area contributed by atoms with Crippen LogP contribution >= 0.6 is 0 Å². The van der Waals surface area contributed by atoms with Crippen LogP contribution in [-0.4, -0.2) is 42.1 Å². The molecule has 4 aromatic rings. The molecule has 41 heavy (non-hydrogen) atoms. The number of hydrogen-bond donors (Lipinski definition) is 2. The Kier molecular flexibility index (Phi) is 8.74. The lowest BCUT2D eigenvalue weighted by atomic mass is 9.94. The molecule has 0 aliphatic heterocycles. The summed E-state index contributed by atoms with van der Waals surface area (Å²) in [5.41, 5.74) is 11.1. The summed E-state index contributed by atoms with van der Waals surface area (Å²) >= 11 is 0. The summed E-state index contributed by atoms with van der Waals surface area (Å²) in [6, 6.07) is 13.0. The van der Waals surface area contributed by atoms with Gasteiger partial charge in [0.25, 0.3) is 0 Å². The second-order valence-electron chi connectivity index (χ2n) is 10.1. The standard InChI is InChI=1S/C18H19FN2O.C12H10F3NO.CH2O/c19-13-5-1-11(2-6-13)17-16-15(9-14(21-17)7-8-20)18(16,10-22)12-3-4-12;1-7-3-8-5-9(12(13,14)15)6-16-11(8)10(4-7)17-2;1-2/h1-2,5-6,9,12,22H,3-4,7-8,10,20H2;3-6H,1-2H3;1H2. The molecule has 2 aromatic heterocycles. The van der Waals surface area contributed by atoms with E-state index in [2.05, 4.69) is 11.1 Å². The maximum atomic E-state index is 13.2. The number of benzene rings is 2. The van der Waals surface area contributed by atoms with Crippen molar-refractivity contribution in [2.24, 2.45) is 11.7 Å². The lowest BCUT2D eigenvalue weighted by molar-refractivity contribution is -0.137. The predicted octanol–water partition coefficient (Wildman–Crippen LogP) is 5.78. The molecular formula is C31H31F4N3O3. The minimum absolute atomic E-state index is 0.134. The van der Waals surface area contributed by atoms with Gasteiger partial charge < -0.3 is 20.4 Å². The highest BCUT2D eigenvalue weighted by Gasteiger charge is 2.61. The fourth-order valence-corrected chi connectivity index (χ4v) is 5.35. The van der Waals surface area contributed by atoms with Crippen LogP contribution in [0.4, 0.5) is 17.6 Å². The average Bonchev–Trinajstić information content (AvgIpc) is 3.88. The number of rotatable bonds is 6. The van der Waals surface area contributed by atoms with E-state index in [1.807, 2.05) is 6.79 Å². The number of aliphatic hydroxyl groups is 1. The van der Waals surface area contributed by atoms with Crippen molar-refractivity contribution in [1.29, 1.82) is 0 Å². The van der Waals surface area contributed by atoms with Gasteiger partial charge in [-0.3, -0.25) is 9.97 Å². The number of fused-ring (bicyclic) bond motifs is 2. The van der Waals surface area contributed by atoms with E-state index in [0.29, 0.717) is 35.5 Å². The smallest absolute Gasteiger partial charge is 0.417 e. The van der Waals surface area contributed by atoms with Crippen molar-refractivity contribution in [3.63, 3.8) is 0 Å². The van der Waals surface area contributed by atoms with Crippen molar-refractivity contribution in [2.75, 3.05) is 20.3 Å². The van der Waals surface area contributed by atoms with Crippen LogP contribution in [-0.2, 0) is 22.8 Å². The van der Waals surface area contributed by atoms with Gasteiger partial charge in [0.05, 0.1) is 25.0 Å². The van der Waals surface area contributed by atoms with Crippen LogP contribution in [0.5, 0.6) is 5.75 Å². The van der Waals surface area contributed by atoms with Gasteiger partial charge in [0.15, 0.2) is 0 Å². The summed E-state index contributed by atoms with van der Waals surface area (Å²) in [7, 11) is 1.47. The molecule has 0 bridgehead atoms. The van der Waals surface area contributed by atoms with Gasteiger partial charge in [-0.2, -0.15) is 13.2 Å². The zero-order chi connectivity index (χ0) is 29.9. The third kappa shape index (κ3) is 5.94. The number of methoxy groups -OCH3 is 1. The molecule has 216 valence electrons. The Morgan fingerprint density at radius 1 is 1.12 bits per heavy atom. The molecule has 1 fully saturated rings. The molecule has 1 atom stereocenters. The van der Waals surface area contributed by atoms with Crippen molar-refractivity contribution in [2.45, 2.75) is 37.8 Å². The van der Waals surface area contributed by atoms with Gasteiger partial charge in [-0.05, 0) is 97.4 Å². The van der Waals surface area contributed by atoms with Crippen LogP contribution in [0, 0.1) is 18.7 Å². The number of nitrogens with zero attached hydrogens (tertiary/aromatic N) is 2. The van der Waals surface area contributed by atoms with Gasteiger partial charge >= 0.3 is 6.18 Å². The Morgan fingerprint density at radius 2 is 1.80 bits per heavy atom. The summed E-state index contributed by atoms with van der Waals surface area (Å²) in [5, 5.41) is 10.4. The van der Waals surface area contributed by atoms with Crippen LogP contribution < -0.4 is 10.5 Å². The molecule has 2 aliphatic rings. The maximum absolute atomic E-state index is 13.2. The predicted molar refractivity (Wildman–Crippen MR) is 148 cm³/mol. The van der Waals surface area contributed by atoms with E-state index in [-0.39, 0.29) is 17.8 Å². The van der Waals surface area contributed by atoms with Crippen LogP contribution in [0.15, 0.2) is 54.7 Å². The number of aryl methyl sites for hydroxylation is 1. The third-order valence-electron chi connectivity index (χ3n) is 7.42. The number of carbonyl (C=O) groups excluding carboxylic acids is 1. The molecule has 0 spiro atoms. The number of aromatic nitrogens is 2. The number of nitrogens with two attached hydrogens (primary N) is 1. The highest BCUT2D eigenvalue weighted by molar-refractivity contribution is 5.85. The van der Waals surface area contributed by atoms with E-state index in [0.717, 1.165) is 53.2 Å². The maximum Gasteiger partial charge on any atom is 0.417 e. The summed E-state index contributed by atoms with van der Waals surface area (Å²) in [6.07, 6.45) is -0.527. The minimum Gasteiger partial charge on any atom is -0.494 e. The fraction of sp³-hybridized carbons (Fsp3) is 0.323. The largest absolute Gasteiger partial charge is 0.494 e. The van der Waals surface area contributed by atoms with Crippen molar-refractivity contribution in [3.8, 4) is 17.0 Å². The van der Waals surface area contributed by atoms with Gasteiger partial charge in [-0.15, -0.1) is 0 Å². The lowest BCUT2D eigenvalue weighted by Crippen LogP contribution is -2.16. The van der Waals surface area contributed by atoms with E-state index < -0.39 is 11.7 Å². The van der Waals surface area contributed by atoms with E-state index in [1.165, 1.54) is 24.8 Å². The average molecular weight is 570 g/mol. The zero-order valence-electron chi connectivity index (χ0n) is 22.8.